The van der Waals surface area contributed by atoms with Crippen LogP contribution < -0.4 is 15.4 Å². The average molecular weight is 341 g/mol. The summed E-state index contributed by atoms with van der Waals surface area (Å²) in [6, 6.07) is 8.17. The minimum Gasteiger partial charge on any atom is -0.490 e. The Balaban J connectivity index is 0.00000264. The van der Waals surface area contributed by atoms with E-state index in [9.17, 15) is 4.79 Å². The van der Waals surface area contributed by atoms with Crippen LogP contribution in [-0.2, 0) is 11.2 Å². The molecule has 0 saturated heterocycles. The Labute approximate surface area is 145 Å². The van der Waals surface area contributed by atoms with Crippen LogP contribution in [0.25, 0.3) is 0 Å². The zero-order valence-electron chi connectivity index (χ0n) is 14.0. The van der Waals surface area contributed by atoms with Gasteiger partial charge in [-0.05, 0) is 56.3 Å². The van der Waals surface area contributed by atoms with E-state index in [1.54, 1.807) is 0 Å². The maximum atomic E-state index is 11.8. The Morgan fingerprint density at radius 3 is 2.78 bits per heavy atom. The van der Waals surface area contributed by atoms with Crippen molar-refractivity contribution in [3.63, 3.8) is 0 Å². The number of hydrogen-bond acceptors (Lipinski definition) is 3. The second-order valence-electron chi connectivity index (χ2n) is 5.88. The third kappa shape index (κ3) is 7.71. The van der Waals surface area contributed by atoms with Crippen molar-refractivity contribution in [3.8, 4) is 5.75 Å². The molecule has 0 spiro atoms. The van der Waals surface area contributed by atoms with Crippen LogP contribution in [0.1, 0.15) is 44.6 Å². The second-order valence-corrected chi connectivity index (χ2v) is 5.88. The predicted octanol–water partition coefficient (Wildman–Crippen LogP) is 3.09. The fourth-order valence-corrected chi connectivity index (χ4v) is 2.79. The van der Waals surface area contributed by atoms with Crippen molar-refractivity contribution in [2.45, 2.75) is 51.6 Å². The standard InChI is InChI=1S/C18H28N2O2.ClH/c1-2-19-12-13-20-18(21)11-10-15-6-5-9-17(14-15)22-16-7-3-4-8-16;/h5-6,9,14,16,19H,2-4,7-8,10-13H2,1H3,(H,20,21);1H. The fourth-order valence-electron chi connectivity index (χ4n) is 2.79. The summed E-state index contributed by atoms with van der Waals surface area (Å²) in [5.74, 6) is 1.05. The van der Waals surface area contributed by atoms with E-state index < -0.39 is 0 Å². The molecule has 4 nitrogen and oxygen atoms in total. The second kappa shape index (κ2) is 11.3. The molecule has 1 saturated carbocycles. The molecule has 0 heterocycles. The molecular weight excluding hydrogens is 312 g/mol. The molecule has 0 radical (unpaired) electrons. The van der Waals surface area contributed by atoms with Crippen LogP contribution in [0.5, 0.6) is 5.75 Å². The van der Waals surface area contributed by atoms with Crippen LogP contribution >= 0.6 is 12.4 Å². The molecule has 1 aromatic rings. The van der Waals surface area contributed by atoms with Crippen molar-refractivity contribution in [2.24, 2.45) is 0 Å². The normalized spacial score (nSPS) is 14.3. The van der Waals surface area contributed by atoms with Crippen LogP contribution in [0.3, 0.4) is 0 Å². The number of carbonyl (C=O) groups excluding carboxylic acids is 1. The highest BCUT2D eigenvalue weighted by molar-refractivity contribution is 5.85. The van der Waals surface area contributed by atoms with E-state index in [2.05, 4.69) is 29.7 Å². The van der Waals surface area contributed by atoms with Gasteiger partial charge in [-0.2, -0.15) is 0 Å². The molecule has 0 bridgehead atoms. The van der Waals surface area contributed by atoms with Gasteiger partial charge in [-0.15, -0.1) is 12.4 Å². The van der Waals surface area contributed by atoms with Crippen molar-refractivity contribution in [1.82, 2.24) is 10.6 Å². The third-order valence-corrected chi connectivity index (χ3v) is 4.02. The van der Waals surface area contributed by atoms with Gasteiger partial charge >= 0.3 is 0 Å². The van der Waals surface area contributed by atoms with Crippen molar-refractivity contribution in [3.05, 3.63) is 29.8 Å². The molecule has 0 aromatic heterocycles. The summed E-state index contributed by atoms with van der Waals surface area (Å²) >= 11 is 0. The molecular formula is C18H29ClN2O2. The third-order valence-electron chi connectivity index (χ3n) is 4.02. The topological polar surface area (TPSA) is 50.4 Å². The molecule has 1 fully saturated rings. The molecule has 130 valence electrons. The van der Waals surface area contributed by atoms with Gasteiger partial charge < -0.3 is 15.4 Å². The number of halogens is 1. The van der Waals surface area contributed by atoms with E-state index in [4.69, 9.17) is 4.74 Å². The first-order chi connectivity index (χ1) is 10.8. The molecule has 2 N–H and O–H groups in total. The zero-order valence-corrected chi connectivity index (χ0v) is 14.8. The molecule has 2 rings (SSSR count). The molecule has 1 aliphatic rings. The highest BCUT2D eigenvalue weighted by Crippen LogP contribution is 2.24. The summed E-state index contributed by atoms with van der Waals surface area (Å²) in [6.45, 7) is 4.51. The van der Waals surface area contributed by atoms with Gasteiger partial charge in [-0.1, -0.05) is 19.1 Å². The highest BCUT2D eigenvalue weighted by atomic mass is 35.5. The lowest BCUT2D eigenvalue weighted by Gasteiger charge is -2.13. The van der Waals surface area contributed by atoms with Crippen molar-refractivity contribution < 1.29 is 9.53 Å². The molecule has 1 amide bonds. The number of rotatable bonds is 9. The predicted molar refractivity (Wildman–Crippen MR) is 96.4 cm³/mol. The van der Waals surface area contributed by atoms with E-state index in [-0.39, 0.29) is 18.3 Å². The molecule has 23 heavy (non-hydrogen) atoms. The smallest absolute Gasteiger partial charge is 0.220 e. The lowest BCUT2D eigenvalue weighted by Crippen LogP contribution is -2.31. The van der Waals surface area contributed by atoms with Crippen LogP contribution in [0, 0.1) is 0 Å². The molecule has 0 aliphatic heterocycles. The number of ether oxygens (including phenoxy) is 1. The van der Waals surface area contributed by atoms with Crippen molar-refractivity contribution >= 4 is 18.3 Å². The van der Waals surface area contributed by atoms with Gasteiger partial charge in [0, 0.05) is 19.5 Å². The van der Waals surface area contributed by atoms with Gasteiger partial charge in [-0.3, -0.25) is 4.79 Å². The molecule has 1 aliphatic carbocycles. The van der Waals surface area contributed by atoms with Crippen LogP contribution in [0.2, 0.25) is 0 Å². The first-order valence-electron chi connectivity index (χ1n) is 8.51. The monoisotopic (exact) mass is 340 g/mol. The summed E-state index contributed by atoms with van der Waals surface area (Å²) in [5.41, 5.74) is 1.16. The minimum atomic E-state index is 0. The lowest BCUT2D eigenvalue weighted by atomic mass is 10.1. The highest BCUT2D eigenvalue weighted by Gasteiger charge is 2.16. The number of likely N-dealkylation sites (N-methyl/N-ethyl adjacent to an activating group) is 1. The maximum absolute atomic E-state index is 11.8. The van der Waals surface area contributed by atoms with Gasteiger partial charge in [0.25, 0.3) is 0 Å². The number of aryl methyl sites for hydroxylation is 1. The number of nitrogens with one attached hydrogen (secondary N) is 2. The zero-order chi connectivity index (χ0) is 15.6. The van der Waals surface area contributed by atoms with Crippen LogP contribution in [0.15, 0.2) is 24.3 Å². The number of benzene rings is 1. The summed E-state index contributed by atoms with van der Waals surface area (Å²) < 4.78 is 6.01. The Morgan fingerprint density at radius 1 is 1.26 bits per heavy atom. The number of hydrogen-bond donors (Lipinski definition) is 2. The molecule has 0 unspecified atom stereocenters. The van der Waals surface area contributed by atoms with Gasteiger partial charge in [0.2, 0.25) is 5.91 Å². The molecule has 1 aromatic carbocycles. The quantitative estimate of drug-likeness (QED) is 0.679. The van der Waals surface area contributed by atoms with Gasteiger partial charge in [0.05, 0.1) is 6.10 Å². The summed E-state index contributed by atoms with van der Waals surface area (Å²) in [7, 11) is 0. The van der Waals surface area contributed by atoms with Crippen molar-refractivity contribution in [2.75, 3.05) is 19.6 Å². The number of carbonyl (C=O) groups is 1. The van der Waals surface area contributed by atoms with E-state index in [1.807, 2.05) is 12.1 Å². The van der Waals surface area contributed by atoms with Gasteiger partial charge in [0.15, 0.2) is 0 Å². The minimum absolute atomic E-state index is 0. The summed E-state index contributed by atoms with van der Waals surface area (Å²) in [4.78, 5) is 11.8. The number of amides is 1. The Hall–Kier alpha value is -1.26. The van der Waals surface area contributed by atoms with E-state index >= 15 is 0 Å². The molecule has 5 heteroatoms. The SMILES string of the molecule is CCNCCNC(=O)CCc1cccc(OC2CCCC2)c1.Cl. The van der Waals surface area contributed by atoms with E-state index in [0.29, 0.717) is 19.1 Å². The fraction of sp³-hybridized carbons (Fsp3) is 0.611. The maximum Gasteiger partial charge on any atom is 0.220 e. The first kappa shape index (κ1) is 19.8. The largest absolute Gasteiger partial charge is 0.490 e. The van der Waals surface area contributed by atoms with Crippen LogP contribution in [-0.4, -0.2) is 31.6 Å². The van der Waals surface area contributed by atoms with Crippen LogP contribution in [0.4, 0.5) is 0 Å². The Bertz CT molecular complexity index is 462. The summed E-state index contributed by atoms with van der Waals surface area (Å²) in [5, 5.41) is 6.12. The van der Waals surface area contributed by atoms with E-state index in [1.165, 1.54) is 25.7 Å². The Morgan fingerprint density at radius 2 is 2.04 bits per heavy atom. The lowest BCUT2D eigenvalue weighted by molar-refractivity contribution is -0.121. The first-order valence-corrected chi connectivity index (χ1v) is 8.51. The van der Waals surface area contributed by atoms with Crippen molar-refractivity contribution in [1.29, 1.82) is 0 Å². The average Bonchev–Trinajstić information content (AvgIpc) is 3.03. The van der Waals surface area contributed by atoms with Gasteiger partial charge in [0.1, 0.15) is 5.75 Å². The van der Waals surface area contributed by atoms with E-state index in [0.717, 1.165) is 30.8 Å². The Kier molecular flexibility index (Phi) is 9.72. The molecule has 0 atom stereocenters. The summed E-state index contributed by atoms with van der Waals surface area (Å²) in [6.07, 6.45) is 6.55. The van der Waals surface area contributed by atoms with Gasteiger partial charge in [-0.25, -0.2) is 0 Å².